The zero-order chi connectivity index (χ0) is 28.6. The molecule has 0 bridgehead atoms. The Kier molecular flexibility index (Phi) is 6.55. The summed E-state index contributed by atoms with van der Waals surface area (Å²) in [5.74, 6) is -4.21. The maximum atomic E-state index is 15.8. The first-order chi connectivity index (χ1) is 19.0. The van der Waals surface area contributed by atoms with E-state index < -0.39 is 77.2 Å². The highest BCUT2D eigenvalue weighted by Crippen LogP contribution is 2.70. The van der Waals surface area contributed by atoms with Crippen molar-refractivity contribution in [2.75, 3.05) is 13.3 Å². The van der Waals surface area contributed by atoms with Crippen LogP contribution in [0.3, 0.4) is 0 Å². The molecule has 2 saturated carbocycles. The summed E-state index contributed by atoms with van der Waals surface area (Å²) >= 11 is 12.5. The van der Waals surface area contributed by atoms with E-state index in [0.29, 0.717) is 17.9 Å². The third-order valence-electron chi connectivity index (χ3n) is 9.84. The normalized spacial score (nSPS) is 36.4. The van der Waals surface area contributed by atoms with Gasteiger partial charge in [0.25, 0.3) is 0 Å². The van der Waals surface area contributed by atoms with Crippen LogP contribution in [-0.2, 0) is 14.4 Å². The molecular weight excluding hydrogens is 568 g/mol. The van der Waals surface area contributed by atoms with Crippen LogP contribution in [0.25, 0.3) is 0 Å². The van der Waals surface area contributed by atoms with Gasteiger partial charge in [-0.05, 0) is 49.5 Å². The summed E-state index contributed by atoms with van der Waals surface area (Å²) in [5.41, 5.74) is 1.38. The van der Waals surface area contributed by atoms with Gasteiger partial charge in [0.1, 0.15) is 5.82 Å². The Morgan fingerprint density at radius 2 is 1.85 bits per heavy atom. The van der Waals surface area contributed by atoms with Gasteiger partial charge in [-0.1, -0.05) is 41.4 Å². The van der Waals surface area contributed by atoms with Gasteiger partial charge in [0.2, 0.25) is 17.7 Å². The fraction of sp³-hybridized carbons (Fsp3) is 0.536. The molecule has 2 heterocycles. The van der Waals surface area contributed by atoms with Crippen LogP contribution in [0, 0.1) is 28.5 Å². The van der Waals surface area contributed by atoms with Crippen molar-refractivity contribution >= 4 is 40.9 Å². The van der Waals surface area contributed by atoms with Gasteiger partial charge in [0.15, 0.2) is 0 Å². The monoisotopic (exact) mass is 596 g/mol. The van der Waals surface area contributed by atoms with Crippen LogP contribution in [0.1, 0.15) is 37.2 Å². The molecule has 0 aromatic heterocycles. The van der Waals surface area contributed by atoms with Crippen LogP contribution in [0.5, 0.6) is 0 Å². The molecule has 12 heteroatoms. The number of rotatable bonds is 6. The molecule has 3 aliphatic carbocycles. The summed E-state index contributed by atoms with van der Waals surface area (Å²) in [6.45, 7) is -1.88. The number of primary amides is 1. The van der Waals surface area contributed by atoms with Crippen molar-refractivity contribution in [2.45, 2.75) is 55.3 Å². The van der Waals surface area contributed by atoms with Crippen LogP contribution in [-0.4, -0.2) is 54.7 Å². The van der Waals surface area contributed by atoms with Gasteiger partial charge >= 0.3 is 0 Å². The summed E-state index contributed by atoms with van der Waals surface area (Å²) in [4.78, 5) is 39.7. The third kappa shape index (κ3) is 3.71. The molecule has 0 radical (unpaired) electrons. The fourth-order valence-electron chi connectivity index (χ4n) is 8.09. The lowest BCUT2D eigenvalue weighted by Gasteiger charge is -2.60. The van der Waals surface area contributed by atoms with Gasteiger partial charge < -0.3 is 16.4 Å². The molecule has 3 amide bonds. The van der Waals surface area contributed by atoms with Crippen LogP contribution < -0.4 is 21.7 Å². The minimum atomic E-state index is -1.50. The average Bonchev–Trinajstić information content (AvgIpc) is 3.33. The molecular formula is C28H29Cl2F3N4O3. The summed E-state index contributed by atoms with van der Waals surface area (Å²) < 4.78 is 44.2. The number of carbonyl (C=O) groups is 3. The van der Waals surface area contributed by atoms with E-state index >= 15 is 4.39 Å². The molecule has 7 nitrogen and oxygen atoms in total. The number of fused-ring (bicyclic) bond motifs is 3. The first-order valence-corrected chi connectivity index (χ1v) is 14.1. The Balaban J connectivity index is 1.49. The molecule has 40 heavy (non-hydrogen) atoms. The van der Waals surface area contributed by atoms with E-state index in [9.17, 15) is 23.2 Å². The van der Waals surface area contributed by atoms with E-state index in [1.54, 1.807) is 24.3 Å². The highest BCUT2D eigenvalue weighted by atomic mass is 35.5. The Hall–Kier alpha value is -2.56. The van der Waals surface area contributed by atoms with Gasteiger partial charge in [-0.25, -0.2) is 4.39 Å². The van der Waals surface area contributed by atoms with Crippen molar-refractivity contribution in [3.05, 3.63) is 57.9 Å². The summed E-state index contributed by atoms with van der Waals surface area (Å²) in [6, 6.07) is 2.38. The second-order valence-corrected chi connectivity index (χ2v) is 12.9. The summed E-state index contributed by atoms with van der Waals surface area (Å²) in [5, 5.41) is 9.43. The molecule has 2 aliphatic heterocycles. The molecule has 1 aromatic carbocycles. The van der Waals surface area contributed by atoms with Crippen molar-refractivity contribution in [1.82, 2.24) is 16.0 Å². The SMILES string of the molecule is NC(=O)[C@H]1C[C@H](NC(=O)[C@@H]2NC3(CC(CF)(CF)C3)[C@@]3(C(=O)NC4C=C(Cl)C=CC43)[C@H]2c2cccc(Cl)c2F)C1. The standard InChI is InChI=1S/C28H29Cl2F3N4O3/c29-14-4-5-17-19(8-14)36-25(40)28(17)20(16-2-1-3-18(30)21(16)33)22(24(39)35-15-6-13(7-15)23(34)38)37-27(28)9-26(10-27,11-31)12-32/h1-5,8,13,15,17,19-20,22,37H,6-7,9-12H2,(H2,34,38)(H,35,39)(H,36,40)/t13-,15-,17?,19?,20-,22+,28+/m0/s1. The van der Waals surface area contributed by atoms with Gasteiger partial charge in [-0.15, -0.1) is 0 Å². The number of hydrogen-bond acceptors (Lipinski definition) is 4. The molecule has 2 spiro atoms. The lowest BCUT2D eigenvalue weighted by molar-refractivity contribution is -0.146. The number of alkyl halides is 2. The van der Waals surface area contributed by atoms with Gasteiger partial charge in [0, 0.05) is 39.8 Å². The molecule has 2 unspecified atom stereocenters. The van der Waals surface area contributed by atoms with E-state index in [0.717, 1.165) is 0 Å². The Bertz CT molecular complexity index is 1340. The number of nitrogens with two attached hydrogens (primary N) is 1. The number of allylic oxidation sites excluding steroid dienone is 2. The fourth-order valence-corrected chi connectivity index (χ4v) is 8.48. The molecule has 1 aromatic rings. The second kappa shape index (κ2) is 9.49. The minimum Gasteiger partial charge on any atom is -0.369 e. The van der Waals surface area contributed by atoms with Crippen molar-refractivity contribution in [3.63, 3.8) is 0 Å². The van der Waals surface area contributed by atoms with E-state index in [4.69, 9.17) is 28.9 Å². The lowest BCUT2D eigenvalue weighted by atomic mass is 9.44. The van der Waals surface area contributed by atoms with Crippen molar-refractivity contribution in [2.24, 2.45) is 28.4 Å². The third-order valence-corrected chi connectivity index (χ3v) is 10.4. The highest BCUT2D eigenvalue weighted by Gasteiger charge is 2.80. The van der Waals surface area contributed by atoms with Crippen molar-refractivity contribution < 1.29 is 27.6 Å². The van der Waals surface area contributed by atoms with Gasteiger partial charge in [-0.2, -0.15) is 0 Å². The molecule has 5 N–H and O–H groups in total. The first kappa shape index (κ1) is 27.6. The number of amides is 3. The maximum Gasteiger partial charge on any atom is 0.238 e. The summed E-state index contributed by atoms with van der Waals surface area (Å²) in [6.07, 6.45) is 5.69. The van der Waals surface area contributed by atoms with Crippen molar-refractivity contribution in [1.29, 1.82) is 0 Å². The lowest BCUT2D eigenvalue weighted by Crippen LogP contribution is -2.70. The minimum absolute atomic E-state index is 0.0588. The predicted octanol–water partition coefficient (Wildman–Crippen LogP) is 3.17. The highest BCUT2D eigenvalue weighted by molar-refractivity contribution is 6.31. The quantitative estimate of drug-likeness (QED) is 0.404. The molecule has 5 aliphatic rings. The van der Waals surface area contributed by atoms with E-state index in [2.05, 4.69) is 16.0 Å². The smallest absolute Gasteiger partial charge is 0.238 e. The topological polar surface area (TPSA) is 113 Å². The predicted molar refractivity (Wildman–Crippen MR) is 142 cm³/mol. The molecule has 4 fully saturated rings. The number of hydrogen-bond donors (Lipinski definition) is 4. The Morgan fingerprint density at radius 1 is 1.15 bits per heavy atom. The van der Waals surface area contributed by atoms with Gasteiger partial charge in [-0.3, -0.25) is 28.5 Å². The van der Waals surface area contributed by atoms with Crippen molar-refractivity contribution in [3.8, 4) is 0 Å². The maximum absolute atomic E-state index is 15.8. The number of carbonyl (C=O) groups excluding carboxylic acids is 3. The van der Waals surface area contributed by atoms with Crippen LogP contribution >= 0.6 is 23.2 Å². The molecule has 6 rings (SSSR count). The Morgan fingerprint density at radius 3 is 2.50 bits per heavy atom. The molecule has 5 atom stereocenters. The second-order valence-electron chi connectivity index (χ2n) is 12.0. The number of nitrogens with one attached hydrogen (secondary N) is 3. The zero-order valence-electron chi connectivity index (χ0n) is 21.4. The van der Waals surface area contributed by atoms with E-state index in [1.807, 2.05) is 0 Å². The summed E-state index contributed by atoms with van der Waals surface area (Å²) in [7, 11) is 0. The molecule has 2 saturated heterocycles. The number of halogens is 5. The average molecular weight is 597 g/mol. The zero-order valence-corrected chi connectivity index (χ0v) is 22.9. The Labute approximate surface area is 239 Å². The molecule has 214 valence electrons. The van der Waals surface area contributed by atoms with Crippen LogP contribution in [0.4, 0.5) is 13.2 Å². The van der Waals surface area contributed by atoms with E-state index in [-0.39, 0.29) is 35.4 Å². The van der Waals surface area contributed by atoms with Gasteiger partial charge in [0.05, 0.1) is 35.9 Å². The van der Waals surface area contributed by atoms with Crippen LogP contribution in [0.15, 0.2) is 41.5 Å². The van der Waals surface area contributed by atoms with Crippen LogP contribution in [0.2, 0.25) is 5.02 Å². The van der Waals surface area contributed by atoms with E-state index in [1.165, 1.54) is 12.1 Å². The first-order valence-electron chi connectivity index (χ1n) is 13.3. The largest absolute Gasteiger partial charge is 0.369 e. The number of benzene rings is 1.